The molecule has 0 fully saturated rings. The molecule has 0 aliphatic heterocycles. The molecule has 0 aliphatic carbocycles. The highest BCUT2D eigenvalue weighted by atomic mass is 127. The summed E-state index contributed by atoms with van der Waals surface area (Å²) >= 11 is 0. The number of nitrogens with one attached hydrogen (secondary N) is 2. The molecule has 2 aromatic carbocycles. The van der Waals surface area contributed by atoms with Crippen LogP contribution in [0.4, 0.5) is 0 Å². The van der Waals surface area contributed by atoms with E-state index < -0.39 is 0 Å². The van der Waals surface area contributed by atoms with Gasteiger partial charge in [-0.15, -0.1) is 24.0 Å². The number of hydrogen-bond donors (Lipinski definition) is 2. The van der Waals surface area contributed by atoms with Crippen LogP contribution in [0.3, 0.4) is 0 Å². The number of para-hydroxylation sites is 1. The first-order valence-electron chi connectivity index (χ1n) is 9.68. The van der Waals surface area contributed by atoms with E-state index in [-0.39, 0.29) is 29.9 Å². The summed E-state index contributed by atoms with van der Waals surface area (Å²) in [5.41, 5.74) is 1.65. The molecule has 0 unspecified atom stereocenters. The van der Waals surface area contributed by atoms with Gasteiger partial charge in [-0.25, -0.2) is 4.99 Å². The predicted molar refractivity (Wildman–Crippen MR) is 129 cm³/mol. The van der Waals surface area contributed by atoms with Crippen molar-refractivity contribution in [1.29, 1.82) is 0 Å². The standard InChI is InChI=1S/C22H30N4O2.HI/c1-4-23-21(27)19-11-9-10-18(16-19)17-25-22(24-5-2)26(3)14-15-28-20-12-7-6-8-13-20;/h6-13,16H,4-5,14-15,17H2,1-3H3,(H,23,27)(H,24,25);1H. The number of ether oxygens (including phenoxy) is 1. The van der Waals surface area contributed by atoms with Crippen molar-refractivity contribution in [1.82, 2.24) is 15.5 Å². The van der Waals surface area contributed by atoms with Crippen LogP contribution in [-0.2, 0) is 6.54 Å². The minimum Gasteiger partial charge on any atom is -0.492 e. The summed E-state index contributed by atoms with van der Waals surface area (Å²) in [6.07, 6.45) is 0. The fraction of sp³-hybridized carbons (Fsp3) is 0.364. The lowest BCUT2D eigenvalue weighted by molar-refractivity contribution is 0.0955. The van der Waals surface area contributed by atoms with E-state index in [0.717, 1.165) is 23.8 Å². The fourth-order valence-electron chi connectivity index (χ4n) is 2.63. The number of rotatable bonds is 9. The predicted octanol–water partition coefficient (Wildman–Crippen LogP) is 3.53. The third kappa shape index (κ3) is 8.72. The van der Waals surface area contributed by atoms with Crippen LogP contribution in [0.15, 0.2) is 59.6 Å². The number of benzene rings is 2. The maximum absolute atomic E-state index is 12.0. The van der Waals surface area contributed by atoms with Crippen LogP contribution in [0.25, 0.3) is 0 Å². The molecule has 7 heteroatoms. The largest absolute Gasteiger partial charge is 0.492 e. The highest BCUT2D eigenvalue weighted by Crippen LogP contribution is 2.09. The molecule has 1 amide bonds. The Bertz CT molecular complexity index is 768. The topological polar surface area (TPSA) is 66.0 Å². The number of nitrogens with zero attached hydrogens (tertiary/aromatic N) is 2. The van der Waals surface area contributed by atoms with Gasteiger partial charge in [0.25, 0.3) is 5.91 Å². The fourth-order valence-corrected chi connectivity index (χ4v) is 2.63. The molecule has 158 valence electrons. The van der Waals surface area contributed by atoms with Gasteiger partial charge in [0.05, 0.1) is 13.1 Å². The van der Waals surface area contributed by atoms with Gasteiger partial charge in [-0.3, -0.25) is 4.79 Å². The van der Waals surface area contributed by atoms with E-state index in [1.54, 1.807) is 0 Å². The number of hydrogen-bond acceptors (Lipinski definition) is 3. The van der Waals surface area contributed by atoms with Crippen molar-refractivity contribution in [2.24, 2.45) is 4.99 Å². The first kappa shape index (κ1) is 24.7. The lowest BCUT2D eigenvalue weighted by Crippen LogP contribution is -2.40. The zero-order valence-corrected chi connectivity index (χ0v) is 19.7. The van der Waals surface area contributed by atoms with Crippen molar-refractivity contribution in [3.8, 4) is 5.75 Å². The number of guanidine groups is 1. The summed E-state index contributed by atoms with van der Waals surface area (Å²) in [7, 11) is 1.99. The molecule has 0 heterocycles. The Morgan fingerprint density at radius 2 is 1.76 bits per heavy atom. The van der Waals surface area contributed by atoms with Crippen molar-refractivity contribution < 1.29 is 9.53 Å². The Balaban J connectivity index is 0.00000420. The minimum atomic E-state index is -0.0598. The van der Waals surface area contributed by atoms with E-state index in [2.05, 4.69) is 10.6 Å². The molecule has 2 N–H and O–H groups in total. The average molecular weight is 510 g/mol. The third-order valence-corrected chi connectivity index (χ3v) is 4.07. The normalized spacial score (nSPS) is 10.7. The molecule has 0 radical (unpaired) electrons. The quantitative estimate of drug-likeness (QED) is 0.308. The second-order valence-corrected chi connectivity index (χ2v) is 6.31. The van der Waals surface area contributed by atoms with Gasteiger partial charge in [0.15, 0.2) is 5.96 Å². The Kier molecular flexibility index (Phi) is 11.8. The van der Waals surface area contributed by atoms with Crippen LogP contribution in [0.2, 0.25) is 0 Å². The number of aliphatic imine (C=N–C) groups is 1. The number of likely N-dealkylation sites (N-methyl/N-ethyl adjacent to an activating group) is 1. The Labute approximate surface area is 190 Å². The highest BCUT2D eigenvalue weighted by Gasteiger charge is 2.07. The van der Waals surface area contributed by atoms with Crippen LogP contribution in [0, 0.1) is 0 Å². The van der Waals surface area contributed by atoms with Gasteiger partial charge in [-0.2, -0.15) is 0 Å². The molecule has 0 atom stereocenters. The van der Waals surface area contributed by atoms with Gasteiger partial charge in [0, 0.05) is 25.7 Å². The molecule has 2 rings (SSSR count). The summed E-state index contributed by atoms with van der Waals surface area (Å²) in [5.74, 6) is 1.61. The van der Waals surface area contributed by atoms with E-state index in [1.165, 1.54) is 0 Å². The molecule has 29 heavy (non-hydrogen) atoms. The molecule has 0 spiro atoms. The van der Waals surface area contributed by atoms with Gasteiger partial charge in [-0.1, -0.05) is 30.3 Å². The lowest BCUT2D eigenvalue weighted by atomic mass is 10.1. The number of carbonyl (C=O) groups is 1. The van der Waals surface area contributed by atoms with E-state index in [9.17, 15) is 4.79 Å². The van der Waals surface area contributed by atoms with Crippen LogP contribution >= 0.6 is 24.0 Å². The number of amides is 1. The van der Waals surface area contributed by atoms with Gasteiger partial charge >= 0.3 is 0 Å². The summed E-state index contributed by atoms with van der Waals surface area (Å²) in [4.78, 5) is 18.7. The lowest BCUT2D eigenvalue weighted by Gasteiger charge is -2.22. The minimum absolute atomic E-state index is 0. The molecule has 0 bridgehead atoms. The number of halogens is 1. The van der Waals surface area contributed by atoms with E-state index in [4.69, 9.17) is 9.73 Å². The van der Waals surface area contributed by atoms with Crippen LogP contribution in [0.1, 0.15) is 29.8 Å². The van der Waals surface area contributed by atoms with Crippen LogP contribution < -0.4 is 15.4 Å². The third-order valence-electron chi connectivity index (χ3n) is 4.07. The van der Waals surface area contributed by atoms with Gasteiger partial charge in [0.2, 0.25) is 0 Å². The maximum atomic E-state index is 12.0. The van der Waals surface area contributed by atoms with Gasteiger partial charge in [-0.05, 0) is 43.7 Å². The van der Waals surface area contributed by atoms with Gasteiger partial charge in [0.1, 0.15) is 12.4 Å². The van der Waals surface area contributed by atoms with Crippen LogP contribution in [-0.4, -0.2) is 50.1 Å². The van der Waals surface area contributed by atoms with Crippen LogP contribution in [0.5, 0.6) is 5.75 Å². The molecule has 0 saturated heterocycles. The summed E-state index contributed by atoms with van der Waals surface area (Å²) in [5, 5.41) is 6.12. The van der Waals surface area contributed by atoms with Crippen molar-refractivity contribution >= 4 is 35.8 Å². The molecule has 2 aromatic rings. The summed E-state index contributed by atoms with van der Waals surface area (Å²) in [6, 6.07) is 17.3. The maximum Gasteiger partial charge on any atom is 0.251 e. The molecule has 6 nitrogen and oxygen atoms in total. The van der Waals surface area contributed by atoms with Gasteiger partial charge < -0.3 is 20.3 Å². The second kappa shape index (κ2) is 13.8. The smallest absolute Gasteiger partial charge is 0.251 e. The Morgan fingerprint density at radius 3 is 2.45 bits per heavy atom. The molecule has 0 aromatic heterocycles. The molecule has 0 aliphatic rings. The molecular formula is C22H31IN4O2. The van der Waals surface area contributed by atoms with Crippen molar-refractivity contribution in [2.45, 2.75) is 20.4 Å². The Hall–Kier alpha value is -2.29. The van der Waals surface area contributed by atoms with Crippen molar-refractivity contribution in [2.75, 3.05) is 33.3 Å². The number of carbonyl (C=O) groups excluding carboxylic acids is 1. The van der Waals surface area contributed by atoms with Crippen molar-refractivity contribution in [3.05, 3.63) is 65.7 Å². The molecule has 0 saturated carbocycles. The van der Waals surface area contributed by atoms with E-state index in [0.29, 0.717) is 31.8 Å². The zero-order valence-electron chi connectivity index (χ0n) is 17.4. The summed E-state index contributed by atoms with van der Waals surface area (Å²) in [6.45, 7) is 7.12. The Morgan fingerprint density at radius 1 is 1.03 bits per heavy atom. The first-order chi connectivity index (χ1) is 13.6. The zero-order chi connectivity index (χ0) is 20.2. The highest BCUT2D eigenvalue weighted by molar-refractivity contribution is 14.0. The van der Waals surface area contributed by atoms with E-state index >= 15 is 0 Å². The monoisotopic (exact) mass is 510 g/mol. The summed E-state index contributed by atoms with van der Waals surface area (Å²) < 4.78 is 5.76. The average Bonchev–Trinajstić information content (AvgIpc) is 2.72. The SMILES string of the molecule is CCNC(=O)c1cccc(CN=C(NCC)N(C)CCOc2ccccc2)c1.I. The van der Waals surface area contributed by atoms with Crippen molar-refractivity contribution in [3.63, 3.8) is 0 Å². The first-order valence-corrected chi connectivity index (χ1v) is 9.68. The second-order valence-electron chi connectivity index (χ2n) is 6.31. The molecular weight excluding hydrogens is 479 g/mol. The van der Waals surface area contributed by atoms with E-state index in [1.807, 2.05) is 80.4 Å².